The number of aliphatic hydroxyl groups is 1. The van der Waals surface area contributed by atoms with Gasteiger partial charge in [0.05, 0.1) is 32.3 Å². The number of aliphatic hydroxyl groups excluding tert-OH is 1. The molecule has 7 nitrogen and oxygen atoms in total. The number of carbonyl (C=O) groups excluding carboxylic acids is 2. The van der Waals surface area contributed by atoms with Crippen LogP contribution in [-0.2, 0) is 9.59 Å². The summed E-state index contributed by atoms with van der Waals surface area (Å²) in [6, 6.07) is 11.2. The molecule has 1 saturated heterocycles. The molecule has 2 heterocycles. The fraction of sp³-hybridized carbons (Fsp3) is 0.304. The average Bonchev–Trinajstić information content (AvgIpc) is 3.30. The molecule has 8 heteroatoms. The van der Waals surface area contributed by atoms with Crippen LogP contribution in [0.3, 0.4) is 0 Å². The van der Waals surface area contributed by atoms with Crippen LogP contribution in [0, 0.1) is 0 Å². The predicted molar refractivity (Wildman–Crippen MR) is 115 cm³/mol. The summed E-state index contributed by atoms with van der Waals surface area (Å²) in [6.45, 7) is 1.33. The lowest BCUT2D eigenvalue weighted by atomic mass is 9.95. The Morgan fingerprint density at radius 1 is 1.16 bits per heavy atom. The summed E-state index contributed by atoms with van der Waals surface area (Å²) in [7, 11) is 4.06. The van der Waals surface area contributed by atoms with Crippen molar-refractivity contribution in [3.8, 4) is 11.5 Å². The Hall–Kier alpha value is -3.03. The molecule has 2 aliphatic rings. The van der Waals surface area contributed by atoms with Crippen molar-refractivity contribution >= 4 is 29.1 Å². The Kier molecular flexibility index (Phi) is 5.89. The lowest BCUT2D eigenvalue weighted by molar-refractivity contribution is -0.858. The topological polar surface area (TPSA) is 80.5 Å². The fourth-order valence-corrected chi connectivity index (χ4v) is 4.13. The van der Waals surface area contributed by atoms with E-state index in [1.807, 2.05) is 14.1 Å². The van der Waals surface area contributed by atoms with E-state index >= 15 is 0 Å². The number of quaternary nitrogens is 1. The van der Waals surface area contributed by atoms with E-state index in [0.717, 1.165) is 13.0 Å². The highest BCUT2D eigenvalue weighted by atomic mass is 35.5. The number of amides is 1. The minimum absolute atomic E-state index is 0.0448. The van der Waals surface area contributed by atoms with Gasteiger partial charge in [-0.25, -0.2) is 0 Å². The smallest absolute Gasteiger partial charge is 0.295 e. The zero-order valence-corrected chi connectivity index (χ0v) is 18.1. The van der Waals surface area contributed by atoms with Gasteiger partial charge in [-0.15, -0.1) is 0 Å². The average molecular weight is 444 g/mol. The van der Waals surface area contributed by atoms with Crippen molar-refractivity contribution in [3.63, 3.8) is 0 Å². The summed E-state index contributed by atoms with van der Waals surface area (Å²) in [6.07, 6.45) is 0.719. The van der Waals surface area contributed by atoms with Crippen molar-refractivity contribution in [2.45, 2.75) is 12.5 Å². The van der Waals surface area contributed by atoms with Crippen LogP contribution >= 0.6 is 11.6 Å². The van der Waals surface area contributed by atoms with Gasteiger partial charge in [-0.3, -0.25) is 9.59 Å². The standard InChI is InChI=1S/C23H23ClN2O5/c1-25(2)9-4-10-26-20(14-5-3-6-16(24)11-14)19(22(28)23(26)29)21(27)15-7-8-17-18(12-15)31-13-30-17/h3,5-8,11-12,20,27H,4,9-10,13H2,1-2H3/p+1. The van der Waals surface area contributed by atoms with Crippen molar-refractivity contribution in [2.24, 2.45) is 0 Å². The summed E-state index contributed by atoms with van der Waals surface area (Å²) in [4.78, 5) is 28.7. The molecule has 1 fully saturated rings. The number of likely N-dealkylation sites (tertiary alicyclic amines) is 1. The number of ether oxygens (including phenoxy) is 2. The van der Waals surface area contributed by atoms with Crippen molar-refractivity contribution in [1.82, 2.24) is 4.90 Å². The quantitative estimate of drug-likeness (QED) is 0.405. The highest BCUT2D eigenvalue weighted by Crippen LogP contribution is 2.41. The lowest BCUT2D eigenvalue weighted by Crippen LogP contribution is -3.05. The minimum Gasteiger partial charge on any atom is -0.507 e. The Morgan fingerprint density at radius 3 is 2.68 bits per heavy atom. The molecular weight excluding hydrogens is 420 g/mol. The molecule has 0 bridgehead atoms. The van der Waals surface area contributed by atoms with Gasteiger partial charge in [-0.2, -0.15) is 0 Å². The number of fused-ring (bicyclic) bond motifs is 1. The number of hydrogen-bond donors (Lipinski definition) is 2. The highest BCUT2D eigenvalue weighted by molar-refractivity contribution is 6.46. The number of benzene rings is 2. The molecular formula is C23H24ClN2O5+. The van der Waals surface area contributed by atoms with Crippen LogP contribution in [0.2, 0.25) is 5.02 Å². The second kappa shape index (κ2) is 8.61. The van der Waals surface area contributed by atoms with E-state index in [-0.39, 0.29) is 18.1 Å². The molecule has 31 heavy (non-hydrogen) atoms. The van der Waals surface area contributed by atoms with Gasteiger partial charge in [0.15, 0.2) is 11.5 Å². The van der Waals surface area contributed by atoms with Gasteiger partial charge in [0.1, 0.15) is 5.76 Å². The van der Waals surface area contributed by atoms with Crippen molar-refractivity contribution < 1.29 is 29.1 Å². The third kappa shape index (κ3) is 4.11. The third-order valence-corrected chi connectivity index (χ3v) is 5.66. The summed E-state index contributed by atoms with van der Waals surface area (Å²) in [5, 5.41) is 11.6. The van der Waals surface area contributed by atoms with E-state index in [4.69, 9.17) is 21.1 Å². The number of hydrogen-bond acceptors (Lipinski definition) is 5. The second-order valence-corrected chi connectivity index (χ2v) is 8.36. The number of nitrogens with one attached hydrogen (secondary N) is 1. The van der Waals surface area contributed by atoms with Crippen LogP contribution in [0.25, 0.3) is 5.76 Å². The summed E-state index contributed by atoms with van der Waals surface area (Å²) in [5.74, 6) is -0.540. The molecule has 1 amide bonds. The first-order chi connectivity index (χ1) is 14.9. The van der Waals surface area contributed by atoms with E-state index in [0.29, 0.717) is 34.2 Å². The monoisotopic (exact) mass is 443 g/mol. The lowest BCUT2D eigenvalue weighted by Gasteiger charge is -2.25. The summed E-state index contributed by atoms with van der Waals surface area (Å²) < 4.78 is 10.7. The molecule has 2 aliphatic heterocycles. The molecule has 1 atom stereocenters. The number of carbonyl (C=O) groups is 2. The van der Waals surface area contributed by atoms with Crippen LogP contribution in [0.1, 0.15) is 23.6 Å². The van der Waals surface area contributed by atoms with Crippen LogP contribution < -0.4 is 14.4 Å². The third-order valence-electron chi connectivity index (χ3n) is 5.43. The largest absolute Gasteiger partial charge is 0.507 e. The van der Waals surface area contributed by atoms with E-state index < -0.39 is 17.7 Å². The van der Waals surface area contributed by atoms with Crippen LogP contribution in [0.4, 0.5) is 0 Å². The molecule has 2 aromatic rings. The predicted octanol–water partition coefficient (Wildman–Crippen LogP) is 2.02. The van der Waals surface area contributed by atoms with E-state index in [1.54, 1.807) is 42.5 Å². The SMILES string of the molecule is C[NH+](C)CCCN1C(=O)C(=O)C(=C(O)c2ccc3c(c2)OCO3)C1c1cccc(Cl)c1. The first-order valence-electron chi connectivity index (χ1n) is 10.1. The van der Waals surface area contributed by atoms with Crippen LogP contribution in [-0.4, -0.2) is 55.7 Å². The van der Waals surface area contributed by atoms with E-state index in [2.05, 4.69) is 0 Å². The van der Waals surface area contributed by atoms with Gasteiger partial charge in [0.25, 0.3) is 11.7 Å². The number of halogens is 1. The second-order valence-electron chi connectivity index (χ2n) is 7.93. The number of nitrogens with zero attached hydrogens (tertiary/aromatic N) is 1. The van der Waals surface area contributed by atoms with Crippen molar-refractivity contribution in [1.29, 1.82) is 0 Å². The fourth-order valence-electron chi connectivity index (χ4n) is 3.94. The van der Waals surface area contributed by atoms with E-state index in [1.165, 1.54) is 9.80 Å². The van der Waals surface area contributed by atoms with Crippen molar-refractivity contribution in [2.75, 3.05) is 34.0 Å². The maximum absolute atomic E-state index is 13.0. The molecule has 0 radical (unpaired) electrons. The first kappa shape index (κ1) is 21.2. The number of rotatable bonds is 6. The molecule has 0 saturated carbocycles. The van der Waals surface area contributed by atoms with Gasteiger partial charge in [-0.1, -0.05) is 23.7 Å². The molecule has 1 unspecified atom stereocenters. The molecule has 162 valence electrons. The minimum atomic E-state index is -0.721. The summed E-state index contributed by atoms with van der Waals surface area (Å²) >= 11 is 6.20. The maximum atomic E-state index is 13.0. The zero-order chi connectivity index (χ0) is 22.1. The highest BCUT2D eigenvalue weighted by Gasteiger charge is 2.46. The Labute approximate surface area is 185 Å². The zero-order valence-electron chi connectivity index (χ0n) is 17.4. The van der Waals surface area contributed by atoms with Gasteiger partial charge < -0.3 is 24.4 Å². The van der Waals surface area contributed by atoms with Gasteiger partial charge >= 0.3 is 0 Å². The van der Waals surface area contributed by atoms with Gasteiger partial charge in [0, 0.05) is 23.6 Å². The Bertz CT molecular complexity index is 1070. The van der Waals surface area contributed by atoms with E-state index in [9.17, 15) is 14.7 Å². The molecule has 2 aromatic carbocycles. The normalized spacial score (nSPS) is 19.5. The Morgan fingerprint density at radius 2 is 1.94 bits per heavy atom. The number of Topliss-reactive ketones (excluding diaryl/α,β-unsaturated/α-hetero) is 1. The van der Waals surface area contributed by atoms with Crippen LogP contribution in [0.15, 0.2) is 48.0 Å². The van der Waals surface area contributed by atoms with Gasteiger partial charge in [0.2, 0.25) is 6.79 Å². The summed E-state index contributed by atoms with van der Waals surface area (Å²) in [5.41, 5.74) is 1.10. The van der Waals surface area contributed by atoms with Crippen LogP contribution in [0.5, 0.6) is 11.5 Å². The Balaban J connectivity index is 1.79. The van der Waals surface area contributed by atoms with Gasteiger partial charge in [-0.05, 0) is 35.9 Å². The molecule has 2 N–H and O–H groups in total. The molecule has 0 aromatic heterocycles. The number of ketones is 1. The first-order valence-corrected chi connectivity index (χ1v) is 10.5. The van der Waals surface area contributed by atoms with Crippen molar-refractivity contribution in [3.05, 3.63) is 64.2 Å². The molecule has 0 spiro atoms. The molecule has 0 aliphatic carbocycles. The maximum Gasteiger partial charge on any atom is 0.295 e. The molecule has 4 rings (SSSR count).